The molecule has 0 bridgehead atoms. The molecule has 1 aliphatic heterocycles. The molecule has 1 aliphatic rings. The fourth-order valence-electron chi connectivity index (χ4n) is 8.61. The number of fused-ring (bicyclic) bond motifs is 1. The number of carboxylic acids is 1. The number of ether oxygens (including phenoxy) is 1. The predicted octanol–water partition coefficient (Wildman–Crippen LogP) is 4.72. The van der Waals surface area contributed by atoms with Crippen LogP contribution in [0, 0.1) is 23.2 Å². The summed E-state index contributed by atoms with van der Waals surface area (Å²) in [5, 5.41) is 35.8. The number of unbranched alkanes of at least 4 members (excludes halogenated alkanes) is 2. The minimum atomic E-state index is -5.60. The zero-order chi connectivity index (χ0) is 56.2. The molecule has 4 rings (SSSR count). The van der Waals surface area contributed by atoms with Gasteiger partial charge in [0.1, 0.15) is 42.0 Å². The molecule has 0 radical (unpaired) electrons. The smallest absolute Gasteiger partial charge is 0.481 e. The highest BCUT2D eigenvalue weighted by Crippen LogP contribution is 2.61. The number of nitrogen functional groups attached to an aromatic ring is 1. The maximum atomic E-state index is 12.9. The van der Waals surface area contributed by atoms with Crippen LogP contribution in [0.1, 0.15) is 129 Å². The van der Waals surface area contributed by atoms with Crippen molar-refractivity contribution in [1.82, 2.24) is 30.2 Å². The summed E-state index contributed by atoms with van der Waals surface area (Å²) in [6.07, 6.45) is 1.00. The molecule has 2 amide bonds. The lowest BCUT2D eigenvalue weighted by atomic mass is 9.81. The topological polar surface area (TPSA) is 401 Å². The Kier molecular flexibility index (Phi) is 22.8. The number of aliphatic hydroxyl groups excluding tert-OH is 2. The fraction of sp³-hybridized carbons (Fsp3) is 0.674. The molecular formula is C46H74N7O19P3. The number of nitrogens with one attached hydrogen (secondary N) is 2. The van der Waals surface area contributed by atoms with Gasteiger partial charge in [0.25, 0.3) is 0 Å². The van der Waals surface area contributed by atoms with Gasteiger partial charge >= 0.3 is 29.4 Å². The van der Waals surface area contributed by atoms with E-state index in [9.17, 15) is 62.7 Å². The molecule has 1 saturated heterocycles. The van der Waals surface area contributed by atoms with E-state index in [1.165, 1.54) is 30.5 Å². The number of aromatic nitrogens is 4. The number of carbonyl (C=O) groups excluding carboxylic acids is 3. The number of anilines is 1. The third-order valence-corrected chi connectivity index (χ3v) is 15.9. The lowest BCUT2D eigenvalue weighted by Crippen LogP contribution is -2.46. The van der Waals surface area contributed by atoms with Crippen molar-refractivity contribution in [2.75, 3.05) is 32.0 Å². The van der Waals surface area contributed by atoms with Gasteiger partial charge in [-0.3, -0.25) is 37.3 Å². The molecule has 7 atom stereocenters. The van der Waals surface area contributed by atoms with Crippen LogP contribution in [0.2, 0.25) is 0 Å². The van der Waals surface area contributed by atoms with E-state index in [0.717, 1.165) is 68.6 Å². The van der Waals surface area contributed by atoms with E-state index < -0.39 is 90.5 Å². The van der Waals surface area contributed by atoms with Gasteiger partial charge in [0.2, 0.25) is 11.8 Å². The highest BCUT2D eigenvalue weighted by molar-refractivity contribution is 7.61. The van der Waals surface area contributed by atoms with Crippen molar-refractivity contribution in [3.05, 3.63) is 47.5 Å². The number of hydrogen-bond acceptors (Lipinski definition) is 18. The van der Waals surface area contributed by atoms with Crippen molar-refractivity contribution < 1.29 is 90.4 Å². The van der Waals surface area contributed by atoms with E-state index in [0.29, 0.717) is 6.42 Å². The van der Waals surface area contributed by atoms with E-state index >= 15 is 0 Å². The molecule has 3 aromatic rings. The normalized spacial score (nSPS) is 19.6. The average molecular weight is 1120 g/mol. The molecule has 3 heterocycles. The van der Waals surface area contributed by atoms with Crippen molar-refractivity contribution in [3.63, 3.8) is 0 Å². The van der Waals surface area contributed by atoms with Crippen molar-refractivity contribution >= 4 is 64.0 Å². The van der Waals surface area contributed by atoms with Crippen LogP contribution in [-0.2, 0) is 68.3 Å². The number of amides is 2. The zero-order valence-corrected chi connectivity index (χ0v) is 46.0. The number of aryl methyl sites for hydroxylation is 2. The number of imidazole rings is 1. The van der Waals surface area contributed by atoms with Gasteiger partial charge in [-0.2, -0.15) is 4.31 Å². The molecule has 29 heteroatoms. The predicted molar refractivity (Wildman–Crippen MR) is 270 cm³/mol. The molecular weight excluding hydrogens is 1050 g/mol. The molecule has 0 saturated carbocycles. The van der Waals surface area contributed by atoms with Crippen LogP contribution < -0.4 is 16.4 Å². The van der Waals surface area contributed by atoms with Gasteiger partial charge < -0.3 is 56.0 Å². The van der Waals surface area contributed by atoms with Crippen LogP contribution in [0.4, 0.5) is 5.82 Å². The molecule has 1 aromatic carbocycles. The Balaban J connectivity index is 1.13. The molecule has 75 heavy (non-hydrogen) atoms. The number of benzene rings is 1. The first-order valence-corrected chi connectivity index (χ1v) is 28.9. The lowest BCUT2D eigenvalue weighted by molar-refractivity contribution is -0.139. The third kappa shape index (κ3) is 20.7. The monoisotopic (exact) mass is 1120 g/mol. The number of carbonyl (C=O) groups is 4. The summed E-state index contributed by atoms with van der Waals surface area (Å²) >= 11 is 0. The minimum Gasteiger partial charge on any atom is -0.481 e. The van der Waals surface area contributed by atoms with E-state index in [-0.39, 0.29) is 65.9 Å². The number of aliphatic carboxylic acids is 1. The summed E-state index contributed by atoms with van der Waals surface area (Å²) in [5.41, 5.74) is 7.68. The van der Waals surface area contributed by atoms with Crippen molar-refractivity contribution in [2.45, 2.75) is 156 Å². The molecule has 2 aromatic heterocycles. The van der Waals surface area contributed by atoms with Gasteiger partial charge in [-0.05, 0) is 73.0 Å². The molecule has 1 fully saturated rings. The Bertz CT molecular complexity index is 2590. The molecule has 11 N–H and O–H groups in total. The number of hydrogen-bond donors (Lipinski definition) is 10. The van der Waals surface area contributed by atoms with Crippen LogP contribution in [0.25, 0.3) is 11.2 Å². The molecule has 0 aliphatic carbocycles. The van der Waals surface area contributed by atoms with Crippen LogP contribution in [0.3, 0.4) is 0 Å². The Labute approximate surface area is 435 Å². The number of phosphoric acid groups is 3. The standard InChI is InChI=1S/C46H74N7O19P3/c1-29-30(15-12-16-31(29)14-9-11-20-45(4,5)24-35(56)57)13-8-10-19-44(2,3)23-32(54)17-21-48-34(55)18-22-49-42(60)39(59)46(6,7)26-69-75(66,67)72-74(64,65)68-25-33-38(71-73(61,62)63)37(58)43(70-33)53-28-52-36-40(47)50-27-51-41(36)53/h12,15-16,27-28,33,37-39,43,58-59H,8-11,13-14,17-26H2,1-7H3,(H,48,55)(H,49,60)(H,56,57)(H,64,65)(H,66,67)(H2,47,50,51)(H2,61,62,63). The number of carboxylic acid groups (broad SMARTS) is 1. The number of aliphatic hydroxyl groups is 2. The minimum absolute atomic E-state index is 0.00973. The largest absolute Gasteiger partial charge is 0.481 e. The van der Waals surface area contributed by atoms with Crippen molar-refractivity contribution in [3.8, 4) is 0 Å². The molecule has 7 unspecified atom stereocenters. The summed E-state index contributed by atoms with van der Waals surface area (Å²) in [4.78, 5) is 101. The summed E-state index contributed by atoms with van der Waals surface area (Å²) in [6, 6.07) is 6.40. The SMILES string of the molecule is Cc1c(CCCCC(C)(C)CC(=O)O)cccc1CCCCC(C)(C)CC(=O)CCNC(=O)CCNC(=O)C(O)C(C)(C)COP(=O)(O)OP(=O)(O)OCC1OC(n2cnc3c(N)ncnc32)C(O)C1OP(=O)(O)O. The average Bonchev–Trinajstić information content (AvgIpc) is 3.85. The maximum absolute atomic E-state index is 12.9. The first-order chi connectivity index (χ1) is 34.7. The number of rotatable bonds is 33. The van der Waals surface area contributed by atoms with E-state index in [1.54, 1.807) is 0 Å². The first-order valence-electron chi connectivity index (χ1n) is 24.4. The van der Waals surface area contributed by atoms with E-state index in [4.69, 9.17) is 24.6 Å². The summed E-state index contributed by atoms with van der Waals surface area (Å²) in [5.74, 6) is -2.29. The number of Topliss-reactive ketones (excluding diaryl/α,β-unsaturated/α-hetero) is 1. The van der Waals surface area contributed by atoms with Gasteiger partial charge in [0.05, 0.1) is 26.0 Å². The number of nitrogens with zero attached hydrogens (tertiary/aromatic N) is 4. The van der Waals surface area contributed by atoms with Gasteiger partial charge in [-0.25, -0.2) is 28.6 Å². The van der Waals surface area contributed by atoms with Gasteiger partial charge in [0.15, 0.2) is 17.7 Å². The fourth-order valence-corrected chi connectivity index (χ4v) is 11.4. The van der Waals surface area contributed by atoms with Crippen LogP contribution in [0.15, 0.2) is 30.9 Å². The van der Waals surface area contributed by atoms with Crippen LogP contribution in [-0.4, -0.2) is 129 Å². The molecule has 26 nitrogen and oxygen atoms in total. The Morgan fingerprint density at radius 3 is 2.03 bits per heavy atom. The van der Waals surface area contributed by atoms with Crippen molar-refractivity contribution in [1.29, 1.82) is 0 Å². The molecule has 0 spiro atoms. The Morgan fingerprint density at radius 2 is 1.43 bits per heavy atom. The van der Waals surface area contributed by atoms with Gasteiger partial charge in [0, 0.05) is 37.8 Å². The van der Waals surface area contributed by atoms with E-state index in [1.807, 2.05) is 27.7 Å². The highest BCUT2D eigenvalue weighted by atomic mass is 31.3. The summed E-state index contributed by atoms with van der Waals surface area (Å²) in [7, 11) is -16.5. The number of ketones is 1. The van der Waals surface area contributed by atoms with Gasteiger partial charge in [-0.15, -0.1) is 0 Å². The quantitative estimate of drug-likeness (QED) is 0.0291. The Hall–Kier alpha value is -4.10. The molecule has 422 valence electrons. The first kappa shape index (κ1) is 63.4. The summed E-state index contributed by atoms with van der Waals surface area (Å²) in [6.45, 7) is 10.5. The Morgan fingerprint density at radius 1 is 0.840 bits per heavy atom. The van der Waals surface area contributed by atoms with E-state index in [2.05, 4.69) is 59.5 Å². The van der Waals surface area contributed by atoms with Crippen molar-refractivity contribution in [2.24, 2.45) is 16.2 Å². The lowest BCUT2D eigenvalue weighted by Gasteiger charge is -2.30. The summed E-state index contributed by atoms with van der Waals surface area (Å²) < 4.78 is 62.6. The van der Waals surface area contributed by atoms with Crippen LogP contribution >= 0.6 is 23.5 Å². The van der Waals surface area contributed by atoms with Crippen LogP contribution in [0.5, 0.6) is 0 Å². The second-order valence-corrected chi connectivity index (χ2v) is 25.3. The second-order valence-electron chi connectivity index (χ2n) is 21.0. The second kappa shape index (κ2) is 27.0. The number of nitrogens with two attached hydrogens (primary N) is 1. The third-order valence-electron chi connectivity index (χ3n) is 12.8. The maximum Gasteiger partial charge on any atom is 0.481 e. The van der Waals surface area contributed by atoms with Gasteiger partial charge in [-0.1, -0.05) is 72.6 Å². The number of phosphoric ester groups is 3. The highest BCUT2D eigenvalue weighted by Gasteiger charge is 2.50. The zero-order valence-electron chi connectivity index (χ0n) is 43.3.